The molecular weight excluding hydrogens is 224 g/mol. The molecule has 0 bridgehead atoms. The quantitative estimate of drug-likeness (QED) is 0.837. The van der Waals surface area contributed by atoms with Gasteiger partial charge in [0.15, 0.2) is 0 Å². The third-order valence-electron chi connectivity index (χ3n) is 4.19. The molecule has 0 saturated carbocycles. The molecule has 0 aromatic heterocycles. The van der Waals surface area contributed by atoms with Crippen LogP contribution in [0.15, 0.2) is 24.3 Å². The van der Waals surface area contributed by atoms with E-state index in [0.29, 0.717) is 0 Å². The average Bonchev–Trinajstić information content (AvgIpc) is 2.61. The summed E-state index contributed by atoms with van der Waals surface area (Å²) in [5.41, 5.74) is 3.08. The van der Waals surface area contributed by atoms with Gasteiger partial charge in [-0.3, -0.25) is 4.79 Å². The number of hydrogen-bond donors (Lipinski definition) is 2. The summed E-state index contributed by atoms with van der Waals surface area (Å²) in [5, 5.41) is 6.26. The Bertz CT molecular complexity index is 440. The maximum atomic E-state index is 11.8. The molecule has 1 saturated heterocycles. The molecule has 3 nitrogen and oxygen atoms in total. The molecule has 1 aliphatic carbocycles. The summed E-state index contributed by atoms with van der Waals surface area (Å²) >= 11 is 0. The molecule has 3 rings (SSSR count). The SMILES string of the molecule is CC1(CNC(=O)C2CNC2)Cc2ccccc2C1. The van der Waals surface area contributed by atoms with Crippen LogP contribution in [0.3, 0.4) is 0 Å². The average molecular weight is 244 g/mol. The first kappa shape index (κ1) is 11.7. The Morgan fingerprint density at radius 1 is 1.33 bits per heavy atom. The Balaban J connectivity index is 1.59. The summed E-state index contributed by atoms with van der Waals surface area (Å²) in [6, 6.07) is 8.61. The predicted octanol–water partition coefficient (Wildman–Crippen LogP) is 1.13. The van der Waals surface area contributed by atoms with E-state index in [-0.39, 0.29) is 17.2 Å². The molecule has 1 aliphatic heterocycles. The van der Waals surface area contributed by atoms with E-state index in [4.69, 9.17) is 0 Å². The molecule has 1 amide bonds. The minimum absolute atomic E-state index is 0.191. The van der Waals surface area contributed by atoms with Gasteiger partial charge in [0.1, 0.15) is 0 Å². The lowest BCUT2D eigenvalue weighted by atomic mass is 9.87. The third-order valence-corrected chi connectivity index (χ3v) is 4.19. The summed E-state index contributed by atoms with van der Waals surface area (Å²) in [6.07, 6.45) is 2.15. The third kappa shape index (κ3) is 2.15. The molecule has 1 aromatic carbocycles. The smallest absolute Gasteiger partial charge is 0.225 e. The first-order chi connectivity index (χ1) is 8.66. The number of fused-ring (bicyclic) bond motifs is 1. The van der Waals surface area contributed by atoms with Gasteiger partial charge in [0, 0.05) is 19.6 Å². The Kier molecular flexibility index (Phi) is 2.86. The molecule has 1 heterocycles. The van der Waals surface area contributed by atoms with E-state index in [1.54, 1.807) is 0 Å². The summed E-state index contributed by atoms with van der Waals surface area (Å²) in [5.74, 6) is 0.406. The highest BCUT2D eigenvalue weighted by Crippen LogP contribution is 2.35. The number of carbonyl (C=O) groups excluding carboxylic acids is 1. The first-order valence-corrected chi connectivity index (χ1v) is 6.72. The van der Waals surface area contributed by atoms with Gasteiger partial charge in [0.05, 0.1) is 5.92 Å². The lowest BCUT2D eigenvalue weighted by Crippen LogP contribution is -2.52. The van der Waals surface area contributed by atoms with Crippen LogP contribution in [0, 0.1) is 11.3 Å². The molecule has 1 aromatic rings. The van der Waals surface area contributed by atoms with Gasteiger partial charge in [0.2, 0.25) is 5.91 Å². The maximum absolute atomic E-state index is 11.8. The van der Waals surface area contributed by atoms with E-state index in [0.717, 1.165) is 32.5 Å². The number of rotatable bonds is 3. The monoisotopic (exact) mass is 244 g/mol. The van der Waals surface area contributed by atoms with Crippen LogP contribution >= 0.6 is 0 Å². The van der Waals surface area contributed by atoms with E-state index in [2.05, 4.69) is 41.8 Å². The highest BCUT2D eigenvalue weighted by molar-refractivity contribution is 5.80. The summed E-state index contributed by atoms with van der Waals surface area (Å²) in [7, 11) is 0. The van der Waals surface area contributed by atoms with Crippen LogP contribution in [0.1, 0.15) is 18.1 Å². The zero-order valence-corrected chi connectivity index (χ0v) is 10.8. The van der Waals surface area contributed by atoms with Gasteiger partial charge in [-0.05, 0) is 29.4 Å². The van der Waals surface area contributed by atoms with Gasteiger partial charge in [-0.2, -0.15) is 0 Å². The van der Waals surface area contributed by atoms with Crippen LogP contribution in [0.25, 0.3) is 0 Å². The molecule has 0 atom stereocenters. The second-order valence-corrected chi connectivity index (χ2v) is 6.01. The topological polar surface area (TPSA) is 41.1 Å². The van der Waals surface area contributed by atoms with Crippen LogP contribution in [-0.2, 0) is 17.6 Å². The van der Waals surface area contributed by atoms with E-state index in [1.807, 2.05) is 0 Å². The fourth-order valence-corrected chi connectivity index (χ4v) is 2.93. The van der Waals surface area contributed by atoms with Crippen LogP contribution in [0.4, 0.5) is 0 Å². The van der Waals surface area contributed by atoms with Crippen molar-refractivity contribution >= 4 is 5.91 Å². The molecule has 96 valence electrons. The van der Waals surface area contributed by atoms with Gasteiger partial charge >= 0.3 is 0 Å². The molecule has 2 aliphatic rings. The summed E-state index contributed by atoms with van der Waals surface area (Å²) in [6.45, 7) is 4.73. The molecular formula is C15H20N2O. The Labute approximate surface area is 108 Å². The van der Waals surface area contributed by atoms with Crippen molar-refractivity contribution in [3.8, 4) is 0 Å². The second-order valence-electron chi connectivity index (χ2n) is 6.01. The van der Waals surface area contributed by atoms with Gasteiger partial charge in [0.25, 0.3) is 0 Å². The van der Waals surface area contributed by atoms with Crippen molar-refractivity contribution in [3.05, 3.63) is 35.4 Å². The fraction of sp³-hybridized carbons (Fsp3) is 0.533. The predicted molar refractivity (Wildman–Crippen MR) is 71.3 cm³/mol. The molecule has 3 heteroatoms. The normalized spacial score (nSPS) is 21.2. The Morgan fingerprint density at radius 3 is 2.44 bits per heavy atom. The van der Waals surface area contributed by atoms with Gasteiger partial charge in [-0.25, -0.2) is 0 Å². The van der Waals surface area contributed by atoms with Gasteiger partial charge in [-0.15, -0.1) is 0 Å². The van der Waals surface area contributed by atoms with Crippen molar-refractivity contribution in [2.24, 2.45) is 11.3 Å². The minimum atomic E-state index is 0.191. The Morgan fingerprint density at radius 2 is 1.94 bits per heavy atom. The summed E-state index contributed by atoms with van der Waals surface area (Å²) in [4.78, 5) is 11.8. The van der Waals surface area contributed by atoms with E-state index < -0.39 is 0 Å². The van der Waals surface area contributed by atoms with Crippen molar-refractivity contribution < 1.29 is 4.79 Å². The lowest BCUT2D eigenvalue weighted by Gasteiger charge is -2.29. The van der Waals surface area contributed by atoms with Gasteiger partial charge < -0.3 is 10.6 Å². The van der Waals surface area contributed by atoms with E-state index >= 15 is 0 Å². The largest absolute Gasteiger partial charge is 0.355 e. The number of hydrogen-bond acceptors (Lipinski definition) is 2. The zero-order valence-electron chi connectivity index (χ0n) is 10.8. The van der Waals surface area contributed by atoms with Crippen molar-refractivity contribution in [2.75, 3.05) is 19.6 Å². The number of amides is 1. The van der Waals surface area contributed by atoms with Gasteiger partial charge in [-0.1, -0.05) is 31.2 Å². The van der Waals surface area contributed by atoms with E-state index in [9.17, 15) is 4.79 Å². The number of benzene rings is 1. The standard InChI is InChI=1S/C15H20N2O/c1-15(10-17-14(18)13-8-16-9-13)6-11-4-2-3-5-12(11)7-15/h2-5,13,16H,6-10H2,1H3,(H,17,18). The van der Waals surface area contributed by atoms with Crippen molar-refractivity contribution in [1.82, 2.24) is 10.6 Å². The number of carbonyl (C=O) groups is 1. The molecule has 1 fully saturated rings. The van der Waals surface area contributed by atoms with Crippen LogP contribution in [-0.4, -0.2) is 25.5 Å². The van der Waals surface area contributed by atoms with Crippen LogP contribution in [0.2, 0.25) is 0 Å². The lowest BCUT2D eigenvalue weighted by molar-refractivity contribution is -0.126. The van der Waals surface area contributed by atoms with Crippen LogP contribution < -0.4 is 10.6 Å². The minimum Gasteiger partial charge on any atom is -0.355 e. The molecule has 0 unspecified atom stereocenters. The van der Waals surface area contributed by atoms with Crippen LogP contribution in [0.5, 0.6) is 0 Å². The maximum Gasteiger partial charge on any atom is 0.225 e. The van der Waals surface area contributed by atoms with Crippen molar-refractivity contribution in [1.29, 1.82) is 0 Å². The van der Waals surface area contributed by atoms with Crippen molar-refractivity contribution in [3.63, 3.8) is 0 Å². The Hall–Kier alpha value is -1.35. The van der Waals surface area contributed by atoms with E-state index in [1.165, 1.54) is 11.1 Å². The molecule has 0 radical (unpaired) electrons. The molecule has 2 N–H and O–H groups in total. The molecule has 18 heavy (non-hydrogen) atoms. The molecule has 0 spiro atoms. The first-order valence-electron chi connectivity index (χ1n) is 6.72. The fourth-order valence-electron chi connectivity index (χ4n) is 2.93. The summed E-state index contributed by atoms with van der Waals surface area (Å²) < 4.78 is 0. The highest BCUT2D eigenvalue weighted by atomic mass is 16.2. The van der Waals surface area contributed by atoms with Crippen molar-refractivity contribution in [2.45, 2.75) is 19.8 Å². The second kappa shape index (κ2) is 4.39. The zero-order chi connectivity index (χ0) is 12.6. The highest BCUT2D eigenvalue weighted by Gasteiger charge is 2.34. The number of nitrogens with one attached hydrogen (secondary N) is 2.